The van der Waals surface area contributed by atoms with Crippen molar-refractivity contribution in [1.82, 2.24) is 15.6 Å². The van der Waals surface area contributed by atoms with Gasteiger partial charge in [-0.3, -0.25) is 4.99 Å². The summed E-state index contributed by atoms with van der Waals surface area (Å²) in [6.07, 6.45) is 3.48. The standard InChI is InChI=1S/C22H33N5OS.HI/c1-18(15-28-16-19-8-4-3-5-9-19)14-25-21(23-2)24-11-10-20-17-29-22(26-20)27-12-6-7-13-27;/h3-5,8-9,17-18H,6-7,10-16H2,1-2H3,(H2,23,24,25);1H. The van der Waals surface area contributed by atoms with E-state index in [0.717, 1.165) is 50.9 Å². The van der Waals surface area contributed by atoms with Gasteiger partial charge in [0.1, 0.15) is 0 Å². The molecule has 0 spiro atoms. The summed E-state index contributed by atoms with van der Waals surface area (Å²) in [6, 6.07) is 10.3. The number of hydrogen-bond donors (Lipinski definition) is 2. The SMILES string of the molecule is CN=C(NCCc1csc(N2CCCC2)n1)NCC(C)COCc1ccccc1.I. The van der Waals surface area contributed by atoms with Gasteiger partial charge in [-0.2, -0.15) is 0 Å². The number of rotatable bonds is 10. The van der Waals surface area contributed by atoms with E-state index in [0.29, 0.717) is 12.5 Å². The number of nitrogens with zero attached hydrogens (tertiary/aromatic N) is 3. The average Bonchev–Trinajstić information content (AvgIpc) is 3.43. The highest BCUT2D eigenvalue weighted by atomic mass is 127. The highest BCUT2D eigenvalue weighted by molar-refractivity contribution is 14.0. The lowest BCUT2D eigenvalue weighted by atomic mass is 10.2. The highest BCUT2D eigenvalue weighted by Crippen LogP contribution is 2.24. The van der Waals surface area contributed by atoms with Crippen LogP contribution in [0.1, 0.15) is 31.0 Å². The summed E-state index contributed by atoms with van der Waals surface area (Å²) in [6.45, 7) is 7.50. The fourth-order valence-electron chi connectivity index (χ4n) is 3.28. The topological polar surface area (TPSA) is 61.8 Å². The Kier molecular flexibility index (Phi) is 11.5. The van der Waals surface area contributed by atoms with Crippen molar-refractivity contribution in [2.45, 2.75) is 32.8 Å². The van der Waals surface area contributed by atoms with Crippen molar-refractivity contribution in [2.75, 3.05) is 44.7 Å². The lowest BCUT2D eigenvalue weighted by Gasteiger charge is -2.16. The molecule has 0 radical (unpaired) electrons. The maximum Gasteiger partial charge on any atom is 0.190 e. The number of hydrogen-bond acceptors (Lipinski definition) is 5. The molecule has 2 heterocycles. The first-order valence-electron chi connectivity index (χ1n) is 10.5. The van der Waals surface area contributed by atoms with Crippen molar-refractivity contribution in [3.05, 3.63) is 47.0 Å². The van der Waals surface area contributed by atoms with Crippen LogP contribution >= 0.6 is 35.3 Å². The monoisotopic (exact) mass is 543 g/mol. The third kappa shape index (κ3) is 8.39. The first-order valence-corrected chi connectivity index (χ1v) is 11.4. The van der Waals surface area contributed by atoms with E-state index in [2.05, 4.69) is 45.0 Å². The Morgan fingerprint density at radius 2 is 2.00 bits per heavy atom. The maximum absolute atomic E-state index is 5.82. The molecule has 2 aromatic rings. The molecule has 8 heteroatoms. The lowest BCUT2D eigenvalue weighted by molar-refractivity contribution is 0.0931. The second-order valence-corrected chi connectivity index (χ2v) is 8.39. The van der Waals surface area contributed by atoms with Crippen molar-refractivity contribution < 1.29 is 4.74 Å². The Bertz CT molecular complexity index is 749. The van der Waals surface area contributed by atoms with E-state index in [4.69, 9.17) is 9.72 Å². The molecule has 3 rings (SSSR count). The van der Waals surface area contributed by atoms with E-state index in [-0.39, 0.29) is 24.0 Å². The number of halogens is 1. The number of nitrogens with one attached hydrogen (secondary N) is 2. The Morgan fingerprint density at radius 1 is 1.23 bits per heavy atom. The fourth-order valence-corrected chi connectivity index (χ4v) is 4.19. The molecule has 30 heavy (non-hydrogen) atoms. The number of guanidine groups is 1. The van der Waals surface area contributed by atoms with E-state index in [9.17, 15) is 0 Å². The van der Waals surface area contributed by atoms with Crippen molar-refractivity contribution in [3.8, 4) is 0 Å². The van der Waals surface area contributed by atoms with Gasteiger partial charge in [-0.1, -0.05) is 37.3 Å². The van der Waals surface area contributed by atoms with E-state index >= 15 is 0 Å². The first-order chi connectivity index (χ1) is 14.2. The third-order valence-electron chi connectivity index (χ3n) is 4.95. The molecule has 1 aliphatic rings. The molecular formula is C22H34IN5OS. The molecule has 1 atom stereocenters. The molecule has 2 N–H and O–H groups in total. The number of aliphatic imine (C=N–C) groups is 1. The molecule has 6 nitrogen and oxygen atoms in total. The molecule has 166 valence electrons. The first kappa shape index (κ1) is 24.9. The van der Waals surface area contributed by atoms with Gasteiger partial charge in [0.25, 0.3) is 0 Å². The summed E-state index contributed by atoms with van der Waals surface area (Å²) < 4.78 is 5.82. The minimum atomic E-state index is 0. The number of anilines is 1. The van der Waals surface area contributed by atoms with Crippen molar-refractivity contribution >= 4 is 46.4 Å². The predicted octanol–water partition coefficient (Wildman–Crippen LogP) is 3.92. The maximum atomic E-state index is 5.82. The molecule has 0 aliphatic carbocycles. The zero-order valence-electron chi connectivity index (χ0n) is 18.0. The Hall–Kier alpha value is -1.39. The molecule has 0 amide bonds. The van der Waals surface area contributed by atoms with Crippen LogP contribution in [0.2, 0.25) is 0 Å². The van der Waals surface area contributed by atoms with E-state index in [1.165, 1.54) is 23.5 Å². The summed E-state index contributed by atoms with van der Waals surface area (Å²) in [4.78, 5) is 11.5. The van der Waals surface area contributed by atoms with Crippen LogP contribution < -0.4 is 15.5 Å². The van der Waals surface area contributed by atoms with E-state index in [1.54, 1.807) is 18.4 Å². The average molecular weight is 544 g/mol. The summed E-state index contributed by atoms with van der Waals surface area (Å²) in [5.41, 5.74) is 2.36. The quantitative estimate of drug-likeness (QED) is 0.270. The summed E-state index contributed by atoms with van der Waals surface area (Å²) in [5, 5.41) is 10.1. The number of thiazole rings is 1. The number of ether oxygens (including phenoxy) is 1. The lowest BCUT2D eigenvalue weighted by Crippen LogP contribution is -2.40. The highest BCUT2D eigenvalue weighted by Gasteiger charge is 2.15. The smallest absolute Gasteiger partial charge is 0.190 e. The summed E-state index contributed by atoms with van der Waals surface area (Å²) in [5.74, 6) is 1.23. The Morgan fingerprint density at radius 3 is 2.73 bits per heavy atom. The zero-order valence-corrected chi connectivity index (χ0v) is 21.1. The normalized spacial score (nSPS) is 15.0. The molecule has 1 unspecified atom stereocenters. The van der Waals surface area contributed by atoms with Crippen LogP contribution in [-0.4, -0.2) is 50.8 Å². The molecule has 1 aliphatic heterocycles. The number of benzene rings is 1. The van der Waals surface area contributed by atoms with Crippen molar-refractivity contribution in [3.63, 3.8) is 0 Å². The van der Waals surface area contributed by atoms with Gasteiger partial charge >= 0.3 is 0 Å². The van der Waals surface area contributed by atoms with E-state index < -0.39 is 0 Å². The van der Waals surface area contributed by atoms with Crippen LogP contribution in [0, 0.1) is 5.92 Å². The van der Waals surface area contributed by atoms with Gasteiger partial charge in [0, 0.05) is 45.0 Å². The van der Waals surface area contributed by atoms with Gasteiger partial charge in [-0.25, -0.2) is 4.98 Å². The second-order valence-electron chi connectivity index (χ2n) is 7.55. The van der Waals surface area contributed by atoms with Gasteiger partial charge in [0.15, 0.2) is 11.1 Å². The minimum absolute atomic E-state index is 0. The zero-order chi connectivity index (χ0) is 20.3. The van der Waals surface area contributed by atoms with Crippen LogP contribution in [0.25, 0.3) is 0 Å². The second kappa shape index (κ2) is 13.8. The molecule has 1 aromatic carbocycles. The summed E-state index contributed by atoms with van der Waals surface area (Å²) >= 11 is 1.76. The minimum Gasteiger partial charge on any atom is -0.376 e. The largest absolute Gasteiger partial charge is 0.376 e. The van der Waals surface area contributed by atoms with Crippen LogP contribution in [-0.2, 0) is 17.8 Å². The Labute approximate surface area is 201 Å². The predicted molar refractivity (Wildman–Crippen MR) is 137 cm³/mol. The molecule has 0 bridgehead atoms. The van der Waals surface area contributed by atoms with Gasteiger partial charge < -0.3 is 20.3 Å². The number of aromatic nitrogens is 1. The van der Waals surface area contributed by atoms with Crippen LogP contribution in [0.3, 0.4) is 0 Å². The van der Waals surface area contributed by atoms with Crippen LogP contribution in [0.15, 0.2) is 40.7 Å². The van der Waals surface area contributed by atoms with E-state index in [1.807, 2.05) is 18.2 Å². The van der Waals surface area contributed by atoms with Crippen molar-refractivity contribution in [2.24, 2.45) is 10.9 Å². The van der Waals surface area contributed by atoms with Gasteiger partial charge in [-0.15, -0.1) is 35.3 Å². The van der Waals surface area contributed by atoms with Crippen LogP contribution in [0.5, 0.6) is 0 Å². The molecule has 1 aromatic heterocycles. The van der Waals surface area contributed by atoms with Gasteiger partial charge in [0.2, 0.25) is 0 Å². The molecule has 1 saturated heterocycles. The summed E-state index contributed by atoms with van der Waals surface area (Å²) in [7, 11) is 1.81. The molecule has 0 saturated carbocycles. The third-order valence-corrected chi connectivity index (χ3v) is 5.90. The Balaban J connectivity index is 0.00000320. The van der Waals surface area contributed by atoms with Crippen molar-refractivity contribution in [1.29, 1.82) is 0 Å². The molecule has 1 fully saturated rings. The fraction of sp³-hybridized carbons (Fsp3) is 0.545. The molecular weight excluding hydrogens is 509 g/mol. The van der Waals surface area contributed by atoms with Crippen LogP contribution in [0.4, 0.5) is 5.13 Å². The van der Waals surface area contributed by atoms with Gasteiger partial charge in [-0.05, 0) is 24.3 Å². The van der Waals surface area contributed by atoms with Gasteiger partial charge in [0.05, 0.1) is 18.9 Å².